The second-order valence-electron chi connectivity index (χ2n) is 5.38. The molecule has 2 heterocycles. The van der Waals surface area contributed by atoms with Gasteiger partial charge >= 0.3 is 5.97 Å². The number of nitrogens with zero attached hydrogens (tertiary/aromatic N) is 3. The zero-order chi connectivity index (χ0) is 15.7. The zero-order valence-corrected chi connectivity index (χ0v) is 12.3. The zero-order valence-electron chi connectivity index (χ0n) is 12.3. The molecule has 2 aromatic rings. The molecule has 0 bridgehead atoms. The average molecular weight is 299 g/mol. The van der Waals surface area contributed by atoms with E-state index >= 15 is 0 Å². The predicted octanol–water partition coefficient (Wildman–Crippen LogP) is 1.59. The van der Waals surface area contributed by atoms with Crippen molar-refractivity contribution >= 4 is 11.9 Å². The Bertz CT molecular complexity index is 722. The minimum absolute atomic E-state index is 0.0340. The van der Waals surface area contributed by atoms with E-state index in [9.17, 15) is 9.59 Å². The van der Waals surface area contributed by atoms with E-state index in [-0.39, 0.29) is 11.6 Å². The fraction of sp³-hybridized carbons (Fsp3) is 0.312. The van der Waals surface area contributed by atoms with Gasteiger partial charge in [-0.3, -0.25) is 9.48 Å². The summed E-state index contributed by atoms with van der Waals surface area (Å²) < 4.78 is 1.51. The highest BCUT2D eigenvalue weighted by Crippen LogP contribution is 2.20. The van der Waals surface area contributed by atoms with Gasteiger partial charge in [-0.15, -0.1) is 0 Å². The lowest BCUT2D eigenvalue weighted by Crippen LogP contribution is -2.41. The maximum Gasteiger partial charge on any atom is 0.356 e. The van der Waals surface area contributed by atoms with Crippen LogP contribution in [0.4, 0.5) is 0 Å². The predicted molar refractivity (Wildman–Crippen MR) is 80.0 cm³/mol. The van der Waals surface area contributed by atoms with E-state index in [4.69, 9.17) is 5.11 Å². The van der Waals surface area contributed by atoms with Crippen LogP contribution in [0.15, 0.2) is 30.3 Å². The van der Waals surface area contributed by atoms with Crippen LogP contribution in [0.1, 0.15) is 32.1 Å². The van der Waals surface area contributed by atoms with Crippen LogP contribution in [0.25, 0.3) is 0 Å². The third-order valence-electron chi connectivity index (χ3n) is 3.98. The minimum Gasteiger partial charge on any atom is -0.476 e. The summed E-state index contributed by atoms with van der Waals surface area (Å²) in [5.74, 6) is -1.23. The Hall–Kier alpha value is -2.63. The first kappa shape index (κ1) is 14.3. The Labute approximate surface area is 128 Å². The Morgan fingerprint density at radius 3 is 2.68 bits per heavy atom. The highest BCUT2D eigenvalue weighted by atomic mass is 16.4. The number of fused-ring (bicyclic) bond motifs is 1. The Kier molecular flexibility index (Phi) is 3.66. The molecule has 6 heteroatoms. The summed E-state index contributed by atoms with van der Waals surface area (Å²) in [5, 5.41) is 13.1. The van der Waals surface area contributed by atoms with Crippen molar-refractivity contribution in [1.29, 1.82) is 0 Å². The summed E-state index contributed by atoms with van der Waals surface area (Å²) in [6, 6.07) is 9.99. The van der Waals surface area contributed by atoms with Gasteiger partial charge in [-0.05, 0) is 18.9 Å². The van der Waals surface area contributed by atoms with Crippen molar-refractivity contribution in [2.24, 2.45) is 0 Å². The first-order valence-corrected chi connectivity index (χ1v) is 7.22. The molecule has 114 valence electrons. The van der Waals surface area contributed by atoms with Crippen molar-refractivity contribution in [3.63, 3.8) is 0 Å². The molecule has 6 nitrogen and oxygen atoms in total. The smallest absolute Gasteiger partial charge is 0.356 e. The maximum atomic E-state index is 12.6. The van der Waals surface area contributed by atoms with E-state index in [0.717, 1.165) is 6.42 Å². The molecule has 22 heavy (non-hydrogen) atoms. The highest BCUT2D eigenvalue weighted by molar-refractivity contribution is 5.98. The lowest BCUT2D eigenvalue weighted by Gasteiger charge is -2.27. The third-order valence-corrected chi connectivity index (χ3v) is 3.98. The Balaban J connectivity index is 1.78. The number of carbonyl (C=O) groups is 2. The van der Waals surface area contributed by atoms with Crippen molar-refractivity contribution in [2.45, 2.75) is 19.9 Å². The van der Waals surface area contributed by atoms with Crippen molar-refractivity contribution < 1.29 is 14.7 Å². The SMILES string of the molecule is Cc1c(C(=O)O)nn2c1C(=O)N(CCc1ccccc1)CC2. The number of aromatic nitrogens is 2. The quantitative estimate of drug-likeness (QED) is 0.930. The molecule has 3 rings (SSSR count). The molecule has 1 aliphatic rings. The average Bonchev–Trinajstić information content (AvgIpc) is 2.86. The molecule has 0 saturated carbocycles. The Morgan fingerprint density at radius 2 is 2.00 bits per heavy atom. The highest BCUT2D eigenvalue weighted by Gasteiger charge is 2.30. The summed E-state index contributed by atoms with van der Waals surface area (Å²) in [6.07, 6.45) is 0.783. The fourth-order valence-corrected chi connectivity index (χ4v) is 2.78. The number of carbonyl (C=O) groups excluding carboxylic acids is 1. The molecule has 0 spiro atoms. The first-order valence-electron chi connectivity index (χ1n) is 7.22. The van der Waals surface area contributed by atoms with Gasteiger partial charge < -0.3 is 10.0 Å². The van der Waals surface area contributed by atoms with E-state index in [1.807, 2.05) is 30.3 Å². The summed E-state index contributed by atoms with van der Waals surface area (Å²) in [4.78, 5) is 25.5. The van der Waals surface area contributed by atoms with Gasteiger partial charge in [-0.2, -0.15) is 5.10 Å². The lowest BCUT2D eigenvalue weighted by molar-refractivity contribution is 0.0678. The number of hydrogen-bond donors (Lipinski definition) is 1. The third kappa shape index (κ3) is 2.47. The number of amides is 1. The van der Waals surface area contributed by atoms with Crippen LogP contribution in [0.2, 0.25) is 0 Å². The van der Waals surface area contributed by atoms with Crippen LogP contribution in [-0.4, -0.2) is 44.8 Å². The van der Waals surface area contributed by atoms with Crippen LogP contribution >= 0.6 is 0 Å². The normalized spacial score (nSPS) is 14.0. The molecule has 1 amide bonds. The monoisotopic (exact) mass is 299 g/mol. The van der Waals surface area contributed by atoms with Crippen LogP contribution < -0.4 is 0 Å². The van der Waals surface area contributed by atoms with Crippen LogP contribution in [0.3, 0.4) is 0 Å². The van der Waals surface area contributed by atoms with Gasteiger partial charge in [0, 0.05) is 18.7 Å². The van der Waals surface area contributed by atoms with Crippen molar-refractivity contribution in [3.05, 3.63) is 52.8 Å². The molecular formula is C16H17N3O3. The molecule has 1 N–H and O–H groups in total. The van der Waals surface area contributed by atoms with E-state index < -0.39 is 5.97 Å². The molecule has 0 atom stereocenters. The number of rotatable bonds is 4. The number of carboxylic acid groups (broad SMARTS) is 1. The van der Waals surface area contributed by atoms with Crippen LogP contribution in [0, 0.1) is 6.92 Å². The van der Waals surface area contributed by atoms with Gasteiger partial charge in [-0.25, -0.2) is 4.79 Å². The standard InChI is InChI=1S/C16H17N3O3/c1-11-13(16(21)22)17-19-10-9-18(15(20)14(11)19)8-7-12-5-3-2-4-6-12/h2-6H,7-10H2,1H3,(H,21,22). The van der Waals surface area contributed by atoms with Gasteiger partial charge in [0.1, 0.15) is 5.69 Å². The van der Waals surface area contributed by atoms with Gasteiger partial charge in [0.2, 0.25) is 0 Å². The molecule has 0 fully saturated rings. The van der Waals surface area contributed by atoms with Gasteiger partial charge in [-0.1, -0.05) is 30.3 Å². The van der Waals surface area contributed by atoms with E-state index in [2.05, 4.69) is 5.10 Å². The van der Waals surface area contributed by atoms with Gasteiger partial charge in [0.15, 0.2) is 5.69 Å². The second kappa shape index (κ2) is 5.63. The largest absolute Gasteiger partial charge is 0.476 e. The topological polar surface area (TPSA) is 75.4 Å². The molecule has 0 radical (unpaired) electrons. The van der Waals surface area contributed by atoms with Gasteiger partial charge in [0.05, 0.1) is 6.54 Å². The molecule has 0 aliphatic carbocycles. The molecule has 1 aromatic carbocycles. The molecule has 1 aromatic heterocycles. The van der Waals surface area contributed by atoms with Crippen molar-refractivity contribution in [1.82, 2.24) is 14.7 Å². The van der Waals surface area contributed by atoms with Crippen LogP contribution in [-0.2, 0) is 13.0 Å². The summed E-state index contributed by atoms with van der Waals surface area (Å²) in [5.41, 5.74) is 1.99. The van der Waals surface area contributed by atoms with Gasteiger partial charge in [0.25, 0.3) is 5.91 Å². The number of benzene rings is 1. The number of carboxylic acids is 1. The fourth-order valence-electron chi connectivity index (χ4n) is 2.78. The van der Waals surface area contributed by atoms with Crippen molar-refractivity contribution in [3.8, 4) is 0 Å². The Morgan fingerprint density at radius 1 is 1.27 bits per heavy atom. The minimum atomic E-state index is -1.09. The first-order chi connectivity index (χ1) is 10.6. The second-order valence-corrected chi connectivity index (χ2v) is 5.38. The maximum absolute atomic E-state index is 12.6. The van der Waals surface area contributed by atoms with E-state index in [0.29, 0.717) is 30.9 Å². The summed E-state index contributed by atoms with van der Waals surface area (Å²) >= 11 is 0. The van der Waals surface area contributed by atoms with Crippen LogP contribution in [0.5, 0.6) is 0 Å². The van der Waals surface area contributed by atoms with Crippen molar-refractivity contribution in [2.75, 3.05) is 13.1 Å². The van der Waals surface area contributed by atoms with E-state index in [1.54, 1.807) is 11.8 Å². The number of hydrogen-bond acceptors (Lipinski definition) is 3. The summed E-state index contributed by atoms with van der Waals surface area (Å²) in [6.45, 7) is 3.35. The molecule has 0 saturated heterocycles. The number of aromatic carboxylic acids is 1. The molecule has 1 aliphatic heterocycles. The summed E-state index contributed by atoms with van der Waals surface area (Å²) in [7, 11) is 0. The van der Waals surface area contributed by atoms with E-state index in [1.165, 1.54) is 10.2 Å². The molecule has 0 unspecified atom stereocenters. The lowest BCUT2D eigenvalue weighted by atomic mass is 10.1. The molecular weight excluding hydrogens is 282 g/mol.